The molecule has 3 aromatic carbocycles. The molecule has 6 heteroatoms. The quantitative estimate of drug-likeness (QED) is 0.0554. The molecule has 0 saturated heterocycles. The molecule has 1 radical (unpaired) electrons. The summed E-state index contributed by atoms with van der Waals surface area (Å²) >= 11 is 0.0273. The van der Waals surface area contributed by atoms with Crippen molar-refractivity contribution in [1.29, 1.82) is 0 Å². The number of hydrogen-bond acceptors (Lipinski definition) is 4. The van der Waals surface area contributed by atoms with Gasteiger partial charge in [0.1, 0.15) is 0 Å². The third kappa shape index (κ3) is 9.94. The van der Waals surface area contributed by atoms with E-state index in [2.05, 4.69) is 106 Å². The molecule has 52 heavy (non-hydrogen) atoms. The van der Waals surface area contributed by atoms with Crippen LogP contribution in [-0.2, 0) is 24.9 Å². The van der Waals surface area contributed by atoms with Gasteiger partial charge in [0.15, 0.2) is 5.78 Å². The number of aliphatic hydroxyl groups is 1. The Morgan fingerprint density at radius 2 is 1.48 bits per heavy atom. The Bertz CT molecular complexity index is 1980. The van der Waals surface area contributed by atoms with Crippen LogP contribution in [0.25, 0.3) is 42.6 Å². The predicted octanol–water partition coefficient (Wildman–Crippen LogP) is 13.5. The molecule has 5 rings (SSSR count). The van der Waals surface area contributed by atoms with Crippen LogP contribution in [0.3, 0.4) is 0 Å². The number of rotatable bonds is 13. The average molecular weight is 956 g/mol. The fraction of sp³-hybridized carbons (Fsp3) is 0.435. The van der Waals surface area contributed by atoms with Crippen molar-refractivity contribution in [2.75, 3.05) is 0 Å². The van der Waals surface area contributed by atoms with Gasteiger partial charge in [-0.25, -0.2) is 0 Å². The molecule has 0 unspecified atom stereocenters. The molecule has 0 amide bonds. The predicted molar refractivity (Wildman–Crippen MR) is 226 cm³/mol. The number of allylic oxidation sites excluding steroid dienone is 2. The number of carbonyl (C=O) groups excluding carboxylic acids is 1. The summed E-state index contributed by atoms with van der Waals surface area (Å²) in [5, 5.41) is 13.6. The van der Waals surface area contributed by atoms with Gasteiger partial charge in [-0.1, -0.05) is 72.6 Å². The summed E-state index contributed by atoms with van der Waals surface area (Å²) in [6.07, 6.45) is 9.16. The first-order chi connectivity index (χ1) is 24.3. The third-order valence-corrected chi connectivity index (χ3v) is 16.4. The minimum atomic E-state index is -1.86. The van der Waals surface area contributed by atoms with Crippen molar-refractivity contribution in [3.63, 3.8) is 0 Å². The first kappa shape index (κ1) is 43.8. The number of carbonyl (C=O) groups is 1. The molecule has 0 atom stereocenters. The normalized spacial score (nSPS) is 12.1. The summed E-state index contributed by atoms with van der Waals surface area (Å²) in [5.74, 6) is 8.48. The first-order valence-electron chi connectivity index (χ1n) is 19.2. The van der Waals surface area contributed by atoms with Gasteiger partial charge < -0.3 is 5.11 Å². The smallest absolute Gasteiger partial charge is 0.0959 e. The van der Waals surface area contributed by atoms with Crippen LogP contribution < -0.4 is 4.40 Å². The van der Waals surface area contributed by atoms with Gasteiger partial charge in [0.2, 0.25) is 0 Å². The van der Waals surface area contributed by atoms with Gasteiger partial charge in [-0.3, -0.25) is 4.79 Å². The summed E-state index contributed by atoms with van der Waals surface area (Å²) in [6, 6.07) is 24.2. The Morgan fingerprint density at radius 3 is 2.06 bits per heavy atom. The second-order valence-electron chi connectivity index (χ2n) is 15.1. The number of aliphatic hydroxyl groups excluding tert-OH is 1. The number of nitrogens with zero attached hydrogens (tertiary/aromatic N) is 1. The van der Waals surface area contributed by atoms with Crippen LogP contribution in [0.5, 0.6) is 0 Å². The molecule has 3 nitrogen and oxygen atoms in total. The Morgan fingerprint density at radius 1 is 0.846 bits per heavy atom. The van der Waals surface area contributed by atoms with Crippen LogP contribution in [-0.4, -0.2) is 29.1 Å². The molecule has 0 bridgehead atoms. The molecular formula is C46H60GeIrNO2S-. The van der Waals surface area contributed by atoms with Gasteiger partial charge in [0.05, 0.1) is 5.76 Å². The number of thiophene rings is 1. The number of fused-ring (bicyclic) bond motifs is 2. The molecule has 0 fully saturated rings. The Kier molecular flexibility index (Phi) is 16.6. The molecule has 0 spiro atoms. The van der Waals surface area contributed by atoms with Crippen LogP contribution in [0.1, 0.15) is 103 Å². The standard InChI is InChI=1S/C33H36GeNS.C13H24O2.Ir/c1-8-23(9-2)30-20-25(19-24-12-10-11-13-29(24)30)31-33-28(16-17-35-31)22(4)32(36-33)27-15-14-26(18-21(27)3)34(5,6)7;1-5-10(6-2)12(14)9-13(15)11(7-3)8-4;/h10-18,20,23H,8-9H2,1-7H3;9-11,14H,5-8H2,1-4H3;/q-1;;/b;12-9-;. The second kappa shape index (κ2) is 19.7. The maximum atomic E-state index is 11.7. The molecule has 2 aromatic heterocycles. The van der Waals surface area contributed by atoms with Crippen molar-refractivity contribution in [1.82, 2.24) is 4.98 Å². The summed E-state index contributed by atoms with van der Waals surface area (Å²) in [5.41, 5.74) is 7.69. The van der Waals surface area contributed by atoms with Gasteiger partial charge in [0, 0.05) is 38.0 Å². The molecule has 0 aliphatic heterocycles. The van der Waals surface area contributed by atoms with Gasteiger partial charge in [-0.2, -0.15) is 0 Å². The van der Waals surface area contributed by atoms with Crippen molar-refractivity contribution in [2.45, 2.75) is 117 Å². The molecule has 281 valence electrons. The maximum absolute atomic E-state index is 11.7. The second-order valence-corrected chi connectivity index (χ2v) is 26.7. The number of aryl methyl sites for hydroxylation is 2. The van der Waals surface area contributed by atoms with Crippen LogP contribution >= 0.6 is 11.3 Å². The first-order valence-corrected chi connectivity index (χ1v) is 27.4. The number of aromatic nitrogens is 1. The number of pyridine rings is 1. The van der Waals surface area contributed by atoms with E-state index in [-0.39, 0.29) is 43.5 Å². The van der Waals surface area contributed by atoms with Gasteiger partial charge in [-0.15, -0.1) is 0 Å². The van der Waals surface area contributed by atoms with E-state index in [1.807, 2.05) is 45.2 Å². The number of hydrogen-bond donors (Lipinski definition) is 1. The van der Waals surface area contributed by atoms with E-state index in [1.54, 1.807) is 4.40 Å². The Hall–Kier alpha value is -2.57. The van der Waals surface area contributed by atoms with Crippen LogP contribution in [0.2, 0.25) is 17.3 Å². The fourth-order valence-corrected chi connectivity index (χ4v) is 11.2. The van der Waals surface area contributed by atoms with Gasteiger partial charge in [-0.05, 0) is 25.7 Å². The van der Waals surface area contributed by atoms with Gasteiger partial charge in [0.25, 0.3) is 0 Å². The molecule has 0 aliphatic carbocycles. The molecule has 0 aliphatic rings. The zero-order valence-corrected chi connectivity index (χ0v) is 38.7. The summed E-state index contributed by atoms with van der Waals surface area (Å²) in [4.78, 5) is 18.0. The zero-order valence-electron chi connectivity index (χ0n) is 33.4. The van der Waals surface area contributed by atoms with Crippen molar-refractivity contribution in [3.8, 4) is 21.7 Å². The van der Waals surface area contributed by atoms with Crippen molar-refractivity contribution in [2.24, 2.45) is 11.8 Å². The van der Waals surface area contributed by atoms with E-state index in [0.29, 0.717) is 5.92 Å². The van der Waals surface area contributed by atoms with Crippen molar-refractivity contribution in [3.05, 3.63) is 95.4 Å². The van der Waals surface area contributed by atoms with E-state index in [4.69, 9.17) is 4.98 Å². The molecule has 5 aromatic rings. The topological polar surface area (TPSA) is 50.2 Å². The number of benzene rings is 3. The van der Waals surface area contributed by atoms with E-state index in [9.17, 15) is 9.90 Å². The van der Waals surface area contributed by atoms with E-state index >= 15 is 0 Å². The Labute approximate surface area is 334 Å². The minimum absolute atomic E-state index is 0. The molecular weight excluding hydrogens is 895 g/mol. The molecule has 2 heterocycles. The zero-order chi connectivity index (χ0) is 37.5. The summed E-state index contributed by atoms with van der Waals surface area (Å²) in [6.45, 7) is 17.2. The van der Waals surface area contributed by atoms with E-state index in [0.717, 1.165) is 49.8 Å². The van der Waals surface area contributed by atoms with Crippen molar-refractivity contribution < 1.29 is 30.0 Å². The minimum Gasteiger partial charge on any atom is -0.0959 e. The molecule has 0 saturated carbocycles. The molecule has 1 N–H and O–H groups in total. The fourth-order valence-electron chi connectivity index (χ4n) is 7.21. The van der Waals surface area contributed by atoms with Crippen LogP contribution in [0.15, 0.2) is 72.6 Å². The van der Waals surface area contributed by atoms with Crippen LogP contribution in [0.4, 0.5) is 0 Å². The number of ketones is 1. The monoisotopic (exact) mass is 957 g/mol. The van der Waals surface area contributed by atoms with E-state index in [1.165, 1.54) is 54.1 Å². The van der Waals surface area contributed by atoms with Gasteiger partial charge >= 0.3 is 179 Å². The van der Waals surface area contributed by atoms with Crippen LogP contribution in [0, 0.1) is 31.7 Å². The SMILES string of the molecule is CCC(CC)C(=O)/C=C(\O)C(CC)CC.CCC(CC)c1cc(-c2nccc3c(C)c(-c4cc[c]([Ge]([CH3])([CH3])[CH3])cc4C)sc23)[c-]c2ccccc12.[Ir]. The van der Waals surface area contributed by atoms with E-state index < -0.39 is 13.3 Å². The average Bonchev–Trinajstić information content (AvgIpc) is 3.45. The van der Waals surface area contributed by atoms with Crippen molar-refractivity contribution >= 4 is 55.6 Å². The summed E-state index contributed by atoms with van der Waals surface area (Å²) in [7, 11) is 0. The Balaban J connectivity index is 0.000000389. The summed E-state index contributed by atoms with van der Waals surface area (Å²) < 4.78 is 2.83. The third-order valence-electron chi connectivity index (χ3n) is 10.8.